The molecule has 2 aromatic carbocycles. The van der Waals surface area contributed by atoms with E-state index in [4.69, 9.17) is 21.7 Å². The number of hydrogen-bond donors (Lipinski definition) is 2. The van der Waals surface area contributed by atoms with E-state index in [-0.39, 0.29) is 36.0 Å². The van der Waals surface area contributed by atoms with Crippen LogP contribution >= 0.6 is 12.2 Å². The number of hydrogen-bond acceptors (Lipinski definition) is 5. The van der Waals surface area contributed by atoms with Crippen molar-refractivity contribution < 1.29 is 14.3 Å². The number of fused-ring (bicyclic) bond motifs is 2. The Kier molecular flexibility index (Phi) is 4.87. The molecule has 7 nitrogen and oxygen atoms in total. The summed E-state index contributed by atoms with van der Waals surface area (Å²) in [4.78, 5) is 28.0. The predicted octanol–water partition coefficient (Wildman–Crippen LogP) is 2.80. The van der Waals surface area contributed by atoms with E-state index in [0.29, 0.717) is 28.9 Å². The van der Waals surface area contributed by atoms with E-state index in [9.17, 15) is 9.59 Å². The highest BCUT2D eigenvalue weighted by atomic mass is 32.1. The van der Waals surface area contributed by atoms with Crippen LogP contribution in [0.25, 0.3) is 10.9 Å². The van der Waals surface area contributed by atoms with Crippen molar-refractivity contribution in [1.82, 2.24) is 14.9 Å². The Morgan fingerprint density at radius 3 is 2.68 bits per heavy atom. The van der Waals surface area contributed by atoms with Crippen LogP contribution < -0.4 is 20.3 Å². The molecule has 0 spiro atoms. The number of aromatic amines is 1. The first-order valence-corrected chi connectivity index (χ1v) is 9.31. The summed E-state index contributed by atoms with van der Waals surface area (Å²) in [5, 5.41) is 3.31. The lowest BCUT2D eigenvalue weighted by molar-refractivity contribution is -0.121. The normalized spacial score (nSPS) is 12.3. The minimum absolute atomic E-state index is 0.127. The van der Waals surface area contributed by atoms with Crippen molar-refractivity contribution in [3.05, 3.63) is 62.6 Å². The summed E-state index contributed by atoms with van der Waals surface area (Å²) in [5.74, 6) is 0.955. The van der Waals surface area contributed by atoms with Gasteiger partial charge in [-0.2, -0.15) is 0 Å². The molecule has 8 heteroatoms. The molecule has 1 aliphatic heterocycles. The van der Waals surface area contributed by atoms with Crippen LogP contribution in [-0.2, 0) is 17.9 Å². The summed E-state index contributed by atoms with van der Waals surface area (Å²) < 4.78 is 12.3. The van der Waals surface area contributed by atoms with Gasteiger partial charge in [0.05, 0.1) is 10.9 Å². The highest BCUT2D eigenvalue weighted by Crippen LogP contribution is 2.34. The fourth-order valence-corrected chi connectivity index (χ4v) is 3.34. The number of rotatable bonds is 5. The zero-order chi connectivity index (χ0) is 19.7. The molecule has 0 fully saturated rings. The van der Waals surface area contributed by atoms with Crippen molar-refractivity contribution in [2.24, 2.45) is 0 Å². The fraction of sp³-hybridized carbons (Fsp3) is 0.250. The standard InChI is InChI=1S/C20H19N3O4S/c1-12-2-4-13(5-3-12)10-21-18(24)6-7-23-19(25)14-8-16-17(27-11-26-16)9-15(14)22-20(23)28/h2-5,8-9H,6-7,10-11H2,1H3,(H,21,24)(H,22,28). The highest BCUT2D eigenvalue weighted by molar-refractivity contribution is 7.71. The molecule has 4 rings (SSSR count). The Bertz CT molecular complexity index is 1170. The molecule has 0 unspecified atom stereocenters. The minimum Gasteiger partial charge on any atom is -0.454 e. The summed E-state index contributed by atoms with van der Waals surface area (Å²) in [6.07, 6.45) is 0.152. The lowest BCUT2D eigenvalue weighted by Crippen LogP contribution is -2.28. The molecule has 0 saturated heterocycles. The monoisotopic (exact) mass is 397 g/mol. The van der Waals surface area contributed by atoms with Gasteiger partial charge < -0.3 is 19.8 Å². The maximum atomic E-state index is 12.8. The third-order valence-corrected chi connectivity index (χ3v) is 4.97. The molecule has 1 amide bonds. The van der Waals surface area contributed by atoms with Gasteiger partial charge in [0.1, 0.15) is 0 Å². The lowest BCUT2D eigenvalue weighted by atomic mass is 10.1. The fourth-order valence-electron chi connectivity index (χ4n) is 3.05. The first-order chi connectivity index (χ1) is 13.5. The molecule has 2 heterocycles. The minimum atomic E-state index is -0.261. The third-order valence-electron chi connectivity index (χ3n) is 4.65. The van der Waals surface area contributed by atoms with E-state index in [0.717, 1.165) is 5.56 Å². The van der Waals surface area contributed by atoms with Gasteiger partial charge in [-0.25, -0.2) is 0 Å². The van der Waals surface area contributed by atoms with Gasteiger partial charge in [0.2, 0.25) is 12.7 Å². The van der Waals surface area contributed by atoms with Crippen molar-refractivity contribution in [3.8, 4) is 11.5 Å². The number of aromatic nitrogens is 2. The van der Waals surface area contributed by atoms with Gasteiger partial charge in [0, 0.05) is 25.6 Å². The van der Waals surface area contributed by atoms with Crippen LogP contribution in [0.15, 0.2) is 41.2 Å². The Morgan fingerprint density at radius 1 is 1.21 bits per heavy atom. The highest BCUT2D eigenvalue weighted by Gasteiger charge is 2.17. The van der Waals surface area contributed by atoms with E-state index in [1.54, 1.807) is 12.1 Å². The average molecular weight is 397 g/mol. The summed E-state index contributed by atoms with van der Waals surface area (Å²) in [6, 6.07) is 11.3. The number of carbonyl (C=O) groups is 1. The van der Waals surface area contributed by atoms with Crippen LogP contribution in [0.2, 0.25) is 0 Å². The van der Waals surface area contributed by atoms with Gasteiger partial charge in [-0.3, -0.25) is 14.2 Å². The van der Waals surface area contributed by atoms with Crippen LogP contribution in [0.3, 0.4) is 0 Å². The number of carbonyl (C=O) groups excluding carboxylic acids is 1. The van der Waals surface area contributed by atoms with Crippen LogP contribution in [-0.4, -0.2) is 22.3 Å². The number of ether oxygens (including phenoxy) is 2. The van der Waals surface area contributed by atoms with Gasteiger partial charge in [0.25, 0.3) is 5.56 Å². The molecule has 0 atom stereocenters. The number of benzene rings is 2. The summed E-state index contributed by atoms with van der Waals surface area (Å²) in [5.41, 5.74) is 2.51. The lowest BCUT2D eigenvalue weighted by Gasteiger charge is -2.09. The van der Waals surface area contributed by atoms with E-state index in [1.807, 2.05) is 31.2 Å². The van der Waals surface area contributed by atoms with Crippen molar-refractivity contribution >= 4 is 29.0 Å². The molecule has 144 valence electrons. The second-order valence-corrected chi connectivity index (χ2v) is 7.04. The summed E-state index contributed by atoms with van der Waals surface area (Å²) >= 11 is 5.30. The number of amides is 1. The average Bonchev–Trinajstić information content (AvgIpc) is 3.13. The number of H-pyrrole nitrogens is 1. The molecule has 0 bridgehead atoms. The molecule has 0 saturated carbocycles. The largest absolute Gasteiger partial charge is 0.454 e. The second kappa shape index (κ2) is 7.47. The van der Waals surface area contributed by atoms with Gasteiger partial charge in [0.15, 0.2) is 16.3 Å². The zero-order valence-electron chi connectivity index (χ0n) is 15.3. The van der Waals surface area contributed by atoms with E-state index < -0.39 is 0 Å². The maximum absolute atomic E-state index is 12.8. The van der Waals surface area contributed by atoms with Gasteiger partial charge in [-0.05, 0) is 30.8 Å². The molecule has 0 aliphatic carbocycles. The Hall–Kier alpha value is -3.13. The molecular formula is C20H19N3O4S. The van der Waals surface area contributed by atoms with Crippen LogP contribution in [0, 0.1) is 11.7 Å². The second-order valence-electron chi connectivity index (χ2n) is 6.65. The molecule has 3 aromatic rings. The molecule has 1 aromatic heterocycles. The Morgan fingerprint density at radius 2 is 1.93 bits per heavy atom. The number of nitrogens with one attached hydrogen (secondary N) is 2. The van der Waals surface area contributed by atoms with Gasteiger partial charge in [-0.15, -0.1) is 0 Å². The van der Waals surface area contributed by atoms with Crippen molar-refractivity contribution in [2.75, 3.05) is 6.79 Å². The molecule has 2 N–H and O–H groups in total. The first kappa shape index (κ1) is 18.2. The van der Waals surface area contributed by atoms with E-state index in [2.05, 4.69) is 10.3 Å². The van der Waals surface area contributed by atoms with Crippen molar-refractivity contribution in [1.29, 1.82) is 0 Å². The van der Waals surface area contributed by atoms with E-state index in [1.165, 1.54) is 10.1 Å². The summed E-state index contributed by atoms with van der Waals surface area (Å²) in [6.45, 7) is 2.78. The summed E-state index contributed by atoms with van der Waals surface area (Å²) in [7, 11) is 0. The molecule has 0 radical (unpaired) electrons. The molecular weight excluding hydrogens is 378 g/mol. The van der Waals surface area contributed by atoms with Crippen molar-refractivity contribution in [3.63, 3.8) is 0 Å². The number of aryl methyl sites for hydroxylation is 1. The van der Waals surface area contributed by atoms with Crippen molar-refractivity contribution in [2.45, 2.75) is 26.4 Å². The predicted molar refractivity (Wildman–Crippen MR) is 107 cm³/mol. The smallest absolute Gasteiger partial charge is 0.262 e. The van der Waals surface area contributed by atoms with Gasteiger partial charge in [-0.1, -0.05) is 29.8 Å². The third kappa shape index (κ3) is 3.63. The van der Waals surface area contributed by atoms with Crippen LogP contribution in [0.5, 0.6) is 11.5 Å². The van der Waals surface area contributed by atoms with Gasteiger partial charge >= 0.3 is 0 Å². The quantitative estimate of drug-likeness (QED) is 0.647. The Labute approximate surface area is 165 Å². The number of nitrogens with zero attached hydrogens (tertiary/aromatic N) is 1. The molecule has 28 heavy (non-hydrogen) atoms. The zero-order valence-corrected chi connectivity index (χ0v) is 16.1. The maximum Gasteiger partial charge on any atom is 0.262 e. The van der Waals surface area contributed by atoms with Crippen LogP contribution in [0.4, 0.5) is 0 Å². The Balaban J connectivity index is 1.47. The SMILES string of the molecule is Cc1ccc(CNC(=O)CCn2c(=S)[nH]c3cc4c(cc3c2=O)OCO4)cc1. The van der Waals surface area contributed by atoms with Crippen LogP contribution in [0.1, 0.15) is 17.5 Å². The molecule has 1 aliphatic rings. The topological polar surface area (TPSA) is 85.4 Å². The first-order valence-electron chi connectivity index (χ1n) is 8.90. The van der Waals surface area contributed by atoms with E-state index >= 15 is 0 Å².